The van der Waals surface area contributed by atoms with Gasteiger partial charge in [-0.1, -0.05) is 6.07 Å². The van der Waals surface area contributed by atoms with Crippen LogP contribution in [0.15, 0.2) is 36.4 Å². The molecule has 24 heavy (non-hydrogen) atoms. The minimum Gasteiger partial charge on any atom is -0.482 e. The maximum Gasteiger partial charge on any atom is 0.311 e. The Balaban J connectivity index is 2.31. The predicted molar refractivity (Wildman–Crippen MR) is 83.8 cm³/mol. The molecule has 2 rings (SSSR count). The monoisotopic (exact) mass is 331 g/mol. The summed E-state index contributed by atoms with van der Waals surface area (Å²) in [7, 11) is 0. The van der Waals surface area contributed by atoms with E-state index in [1.54, 1.807) is 13.0 Å². The fourth-order valence-corrected chi connectivity index (χ4v) is 2.06. The SMILES string of the molecule is Cc1ccc(OCc2ccc(C(N)=O)cc2[N+](=O)[O-])c([N+](=O)[O-])c1. The van der Waals surface area contributed by atoms with E-state index >= 15 is 0 Å². The van der Waals surface area contributed by atoms with Crippen LogP contribution >= 0.6 is 0 Å². The van der Waals surface area contributed by atoms with E-state index in [9.17, 15) is 25.0 Å². The molecule has 0 bridgehead atoms. The van der Waals surface area contributed by atoms with E-state index in [0.29, 0.717) is 5.56 Å². The van der Waals surface area contributed by atoms with Gasteiger partial charge in [-0.05, 0) is 30.7 Å². The van der Waals surface area contributed by atoms with Crippen molar-refractivity contribution in [1.29, 1.82) is 0 Å². The minimum absolute atomic E-state index is 0.00104. The quantitative estimate of drug-likeness (QED) is 0.637. The van der Waals surface area contributed by atoms with Gasteiger partial charge in [0.25, 0.3) is 5.69 Å². The molecule has 2 aromatic carbocycles. The number of nitrogens with zero attached hydrogens (tertiary/aromatic N) is 2. The van der Waals surface area contributed by atoms with E-state index in [-0.39, 0.29) is 34.9 Å². The molecule has 0 aliphatic heterocycles. The highest BCUT2D eigenvalue weighted by molar-refractivity contribution is 5.93. The molecule has 9 heteroatoms. The van der Waals surface area contributed by atoms with Gasteiger partial charge in [-0.2, -0.15) is 0 Å². The van der Waals surface area contributed by atoms with Crippen molar-refractivity contribution in [3.8, 4) is 5.75 Å². The second-order valence-corrected chi connectivity index (χ2v) is 4.98. The maximum atomic E-state index is 11.1. The summed E-state index contributed by atoms with van der Waals surface area (Å²) in [5, 5.41) is 22.2. The largest absolute Gasteiger partial charge is 0.482 e. The number of primary amides is 1. The molecule has 1 amide bonds. The zero-order valence-electron chi connectivity index (χ0n) is 12.6. The van der Waals surface area contributed by atoms with Crippen molar-refractivity contribution in [2.45, 2.75) is 13.5 Å². The summed E-state index contributed by atoms with van der Waals surface area (Å²) in [6.45, 7) is 1.43. The van der Waals surface area contributed by atoms with E-state index in [1.165, 1.54) is 24.3 Å². The van der Waals surface area contributed by atoms with Crippen LogP contribution in [-0.2, 0) is 6.61 Å². The van der Waals surface area contributed by atoms with Crippen LogP contribution in [0.25, 0.3) is 0 Å². The van der Waals surface area contributed by atoms with Crippen LogP contribution in [0.5, 0.6) is 5.75 Å². The van der Waals surface area contributed by atoms with Gasteiger partial charge in [0, 0.05) is 17.7 Å². The van der Waals surface area contributed by atoms with Crippen molar-refractivity contribution in [3.05, 3.63) is 73.3 Å². The molecule has 0 atom stereocenters. The smallest absolute Gasteiger partial charge is 0.311 e. The first-order chi connectivity index (χ1) is 11.3. The summed E-state index contributed by atoms with van der Waals surface area (Å²) in [4.78, 5) is 32.0. The Morgan fingerprint density at radius 3 is 2.33 bits per heavy atom. The van der Waals surface area contributed by atoms with Crippen molar-refractivity contribution < 1.29 is 19.4 Å². The highest BCUT2D eigenvalue weighted by atomic mass is 16.6. The molecule has 2 N–H and O–H groups in total. The first-order valence-corrected chi connectivity index (χ1v) is 6.74. The lowest BCUT2D eigenvalue weighted by molar-refractivity contribution is -0.387. The van der Waals surface area contributed by atoms with E-state index in [1.807, 2.05) is 0 Å². The molecule has 0 saturated heterocycles. The number of nitrogens with two attached hydrogens (primary N) is 1. The molecule has 0 unspecified atom stereocenters. The van der Waals surface area contributed by atoms with Crippen LogP contribution in [0.4, 0.5) is 11.4 Å². The molecule has 0 aliphatic carbocycles. The van der Waals surface area contributed by atoms with Gasteiger partial charge in [0.2, 0.25) is 5.91 Å². The summed E-state index contributed by atoms with van der Waals surface area (Å²) >= 11 is 0. The third-order valence-electron chi connectivity index (χ3n) is 3.26. The second-order valence-electron chi connectivity index (χ2n) is 4.98. The molecule has 0 spiro atoms. The average Bonchev–Trinajstić information content (AvgIpc) is 2.53. The Bertz CT molecular complexity index is 834. The molecule has 0 fully saturated rings. The van der Waals surface area contributed by atoms with E-state index in [2.05, 4.69) is 0 Å². The lowest BCUT2D eigenvalue weighted by Crippen LogP contribution is -2.12. The maximum absolute atomic E-state index is 11.1. The number of benzene rings is 2. The van der Waals surface area contributed by atoms with Gasteiger partial charge in [-0.15, -0.1) is 0 Å². The number of carbonyl (C=O) groups excluding carboxylic acids is 1. The van der Waals surface area contributed by atoms with Gasteiger partial charge in [0.15, 0.2) is 5.75 Å². The van der Waals surface area contributed by atoms with Crippen LogP contribution in [0.1, 0.15) is 21.5 Å². The van der Waals surface area contributed by atoms with Crippen LogP contribution in [-0.4, -0.2) is 15.8 Å². The van der Waals surface area contributed by atoms with Gasteiger partial charge >= 0.3 is 5.69 Å². The molecule has 0 aromatic heterocycles. The number of nitro benzene ring substituents is 2. The first kappa shape index (κ1) is 16.9. The van der Waals surface area contributed by atoms with Gasteiger partial charge < -0.3 is 10.5 Å². The minimum atomic E-state index is -0.792. The number of ether oxygens (including phenoxy) is 1. The summed E-state index contributed by atoms with van der Waals surface area (Å²) in [5.41, 5.74) is 5.37. The zero-order valence-corrected chi connectivity index (χ0v) is 12.6. The molecule has 124 valence electrons. The van der Waals surface area contributed by atoms with Gasteiger partial charge in [-0.25, -0.2) is 0 Å². The van der Waals surface area contributed by atoms with Crippen LogP contribution < -0.4 is 10.5 Å². The normalized spacial score (nSPS) is 10.2. The molecule has 0 saturated carbocycles. The summed E-state index contributed by atoms with van der Waals surface area (Å²) in [6, 6.07) is 8.12. The lowest BCUT2D eigenvalue weighted by Gasteiger charge is -2.08. The Morgan fingerprint density at radius 2 is 1.75 bits per heavy atom. The number of aryl methyl sites for hydroxylation is 1. The average molecular weight is 331 g/mol. The van der Waals surface area contributed by atoms with E-state index in [4.69, 9.17) is 10.5 Å². The molecule has 0 radical (unpaired) electrons. The van der Waals surface area contributed by atoms with Crippen molar-refractivity contribution in [2.75, 3.05) is 0 Å². The molecular formula is C15H13N3O6. The van der Waals surface area contributed by atoms with Crippen molar-refractivity contribution >= 4 is 17.3 Å². The third-order valence-corrected chi connectivity index (χ3v) is 3.26. The fraction of sp³-hybridized carbons (Fsp3) is 0.133. The second kappa shape index (κ2) is 6.73. The van der Waals surface area contributed by atoms with Crippen LogP contribution in [0, 0.1) is 27.2 Å². The van der Waals surface area contributed by atoms with E-state index in [0.717, 1.165) is 6.07 Å². The fourth-order valence-electron chi connectivity index (χ4n) is 2.06. The van der Waals surface area contributed by atoms with Crippen molar-refractivity contribution in [3.63, 3.8) is 0 Å². The van der Waals surface area contributed by atoms with Gasteiger partial charge in [-0.3, -0.25) is 25.0 Å². The lowest BCUT2D eigenvalue weighted by atomic mass is 10.1. The molecule has 0 aliphatic rings. The predicted octanol–water partition coefficient (Wildman–Crippen LogP) is 2.49. The Labute approximate surface area is 136 Å². The number of hydrogen-bond acceptors (Lipinski definition) is 6. The standard InChI is InChI=1S/C15H13N3O6/c1-9-2-5-14(13(6-9)18(22)23)24-8-11-4-3-10(15(16)19)7-12(11)17(20)21/h2-7H,8H2,1H3,(H2,16,19). The summed E-state index contributed by atoms with van der Waals surface area (Å²) in [6.07, 6.45) is 0. The highest BCUT2D eigenvalue weighted by Crippen LogP contribution is 2.29. The zero-order chi connectivity index (χ0) is 17.9. The van der Waals surface area contributed by atoms with E-state index < -0.39 is 15.8 Å². The Kier molecular flexibility index (Phi) is 4.73. The molecule has 2 aromatic rings. The number of rotatable bonds is 6. The third kappa shape index (κ3) is 3.64. The number of nitro groups is 2. The van der Waals surface area contributed by atoms with Crippen LogP contribution in [0.2, 0.25) is 0 Å². The van der Waals surface area contributed by atoms with Gasteiger partial charge in [0.05, 0.1) is 15.4 Å². The van der Waals surface area contributed by atoms with Crippen molar-refractivity contribution in [1.82, 2.24) is 0 Å². The number of amides is 1. The van der Waals surface area contributed by atoms with Crippen molar-refractivity contribution in [2.24, 2.45) is 5.73 Å². The number of hydrogen-bond donors (Lipinski definition) is 1. The highest BCUT2D eigenvalue weighted by Gasteiger charge is 2.19. The number of carbonyl (C=O) groups is 1. The molecule has 9 nitrogen and oxygen atoms in total. The Hall–Kier alpha value is -3.49. The van der Waals surface area contributed by atoms with Crippen LogP contribution in [0.3, 0.4) is 0 Å². The first-order valence-electron chi connectivity index (χ1n) is 6.74. The van der Waals surface area contributed by atoms with Gasteiger partial charge in [0.1, 0.15) is 6.61 Å². The summed E-state index contributed by atoms with van der Waals surface area (Å²) in [5.74, 6) is -0.793. The molecule has 0 heterocycles. The Morgan fingerprint density at radius 1 is 1.08 bits per heavy atom. The topological polar surface area (TPSA) is 139 Å². The molecular weight excluding hydrogens is 318 g/mol. The summed E-state index contributed by atoms with van der Waals surface area (Å²) < 4.78 is 5.37.